The van der Waals surface area contributed by atoms with Gasteiger partial charge in [0, 0.05) is 51.5 Å². The fraction of sp³-hybridized carbons (Fsp3) is 0.745. The molecule has 1 aromatic carbocycles. The van der Waals surface area contributed by atoms with Crippen LogP contribution in [-0.4, -0.2) is 157 Å². The molecular weight excluding hydrogens is 911 g/mol. The number of rotatable bonds is 15. The van der Waals surface area contributed by atoms with Crippen LogP contribution in [0.3, 0.4) is 0 Å². The molecule has 4 rings (SSSR count). The van der Waals surface area contributed by atoms with Crippen LogP contribution >= 0.6 is 0 Å². The predicted molar refractivity (Wildman–Crippen MR) is 253 cm³/mol. The number of carbonyl (C=O) groups is 4. The van der Waals surface area contributed by atoms with Crippen LogP contribution in [-0.2, 0) is 68.4 Å². The van der Waals surface area contributed by atoms with Crippen molar-refractivity contribution in [2.45, 2.75) is 198 Å². The lowest BCUT2D eigenvalue weighted by atomic mass is 9.77. The molecule has 3 saturated heterocycles. The van der Waals surface area contributed by atoms with E-state index in [1.54, 1.807) is 67.5 Å². The zero-order valence-electron chi connectivity index (χ0n) is 43.3. The molecule has 19 heteroatoms. The highest BCUT2D eigenvalue weighted by molar-refractivity contribution is 5.81. The highest BCUT2D eigenvalue weighted by Gasteiger charge is 2.55. The number of nitrogens with zero attached hydrogens (tertiary/aromatic N) is 2. The fourth-order valence-corrected chi connectivity index (χ4v) is 10.1. The van der Waals surface area contributed by atoms with Gasteiger partial charge in [-0.3, -0.25) is 14.5 Å². The predicted octanol–water partition coefficient (Wildman–Crippen LogP) is 5.12. The van der Waals surface area contributed by atoms with Crippen LogP contribution in [0.4, 0.5) is 4.79 Å². The van der Waals surface area contributed by atoms with E-state index in [1.165, 1.54) is 21.1 Å². The van der Waals surface area contributed by atoms with Gasteiger partial charge in [0.25, 0.3) is 0 Å². The molecule has 0 aliphatic carbocycles. The van der Waals surface area contributed by atoms with Gasteiger partial charge in [-0.05, 0) is 80.3 Å². The maximum Gasteiger partial charge on any atom is 0.509 e. The van der Waals surface area contributed by atoms with Crippen LogP contribution in [0.5, 0.6) is 0 Å². The summed E-state index contributed by atoms with van der Waals surface area (Å²) >= 11 is 0. The Morgan fingerprint density at radius 1 is 0.957 bits per heavy atom. The Morgan fingerprint density at radius 3 is 2.20 bits per heavy atom. The van der Waals surface area contributed by atoms with Gasteiger partial charge in [-0.15, -0.1) is 0 Å². The molecule has 18 atom stereocenters. The van der Waals surface area contributed by atoms with Crippen LogP contribution in [0.2, 0.25) is 0 Å². The lowest BCUT2D eigenvalue weighted by Crippen LogP contribution is -2.62. The van der Waals surface area contributed by atoms with E-state index in [4.69, 9.17) is 47.4 Å². The molecule has 70 heavy (non-hydrogen) atoms. The first kappa shape index (κ1) is 58.3. The van der Waals surface area contributed by atoms with Crippen LogP contribution in [0.15, 0.2) is 43.0 Å². The summed E-state index contributed by atoms with van der Waals surface area (Å²) in [5.74, 6) is -4.85. The molecule has 0 aromatic heterocycles. The number of hydrogen-bond acceptors (Lipinski definition) is 18. The minimum absolute atomic E-state index is 0.00946. The molecule has 3 aliphatic rings. The highest BCUT2D eigenvalue weighted by atomic mass is 16.8. The van der Waals surface area contributed by atoms with Gasteiger partial charge in [0.2, 0.25) is 5.91 Å². The van der Waals surface area contributed by atoms with Crippen molar-refractivity contribution in [1.29, 1.82) is 5.26 Å². The number of cyclic esters (lactones) is 1. The van der Waals surface area contributed by atoms with Crippen LogP contribution < -0.4 is 5.32 Å². The molecule has 0 saturated carbocycles. The number of benzene rings is 1. The van der Waals surface area contributed by atoms with E-state index in [-0.39, 0.29) is 32.3 Å². The molecule has 3 aliphatic heterocycles. The normalized spacial score (nSPS) is 39.0. The van der Waals surface area contributed by atoms with E-state index in [0.29, 0.717) is 13.0 Å². The second kappa shape index (κ2) is 25.4. The summed E-state index contributed by atoms with van der Waals surface area (Å²) in [6.45, 7) is 20.5. The number of nitriles is 1. The number of nitrogens with one attached hydrogen (secondary N) is 1. The molecule has 0 spiro atoms. The quantitative estimate of drug-likeness (QED) is 0.117. The number of esters is 2. The lowest BCUT2D eigenvalue weighted by molar-refractivity contribution is -0.320. The van der Waals surface area contributed by atoms with Crippen molar-refractivity contribution in [2.75, 3.05) is 27.8 Å². The molecule has 1 amide bonds. The zero-order chi connectivity index (χ0) is 52.3. The van der Waals surface area contributed by atoms with Gasteiger partial charge < -0.3 is 62.9 Å². The standard InChI is InChI=1S/C51H79N3O16/c1-15-37-51(11,60)42(56)33(7)53-45(57)29(3)26-49(9,61-13)43(31(5)40(32(6)46(58)66-37)68-39-27-50(10,62-14)44(34(8)65-39)67-38(55)16-2)70-47-41(36(25-30(4)64-47)54(12)24-20-23-52)69-48(59)63-28-35-21-18-17-19-22-35/h16-19,21-22,29-34,36-37,39-44,47,56,60H,2,15,20,24-28H2,1,3-14H3,(H,53,57)/t29-,30-,31+,32-,33-,34+,36+,37-,39+,40+,41-,42-,43-,44+,47+,49-,50-,51-/m1/s1. The minimum Gasteiger partial charge on any atom is -0.459 e. The number of aliphatic hydroxyl groups excluding tert-OH is 1. The maximum absolute atomic E-state index is 14.7. The molecule has 3 N–H and O–H groups in total. The first-order valence-electron chi connectivity index (χ1n) is 24.3. The molecule has 1 aromatic rings. The SMILES string of the molecule is C=CC(=O)O[C@H]1[C@H](C)O[C@@H](O[C@H]2[C@H](C)[C@@H](O[C@@H]3O[C@H](C)C[C@H](N(C)CCC#N)[C@H]3OC(=O)OCc3ccccc3)[C@](C)(OC)C[C@@H](C)C(=O)N[C@H](C)[C@@H](O)[C@](C)(O)[C@@H](CC)OC(=O)[C@@H]2C)C[C@@]1(C)OC. The summed E-state index contributed by atoms with van der Waals surface area (Å²) in [5, 5.41) is 35.8. The van der Waals surface area contributed by atoms with Crippen molar-refractivity contribution < 1.29 is 76.8 Å². The van der Waals surface area contributed by atoms with Crippen molar-refractivity contribution in [3.8, 4) is 6.07 Å². The number of aliphatic hydroxyl groups is 2. The molecule has 394 valence electrons. The van der Waals surface area contributed by atoms with E-state index in [2.05, 4.69) is 18.0 Å². The average Bonchev–Trinajstić information content (AvgIpc) is 3.33. The van der Waals surface area contributed by atoms with Gasteiger partial charge in [-0.25, -0.2) is 9.59 Å². The third kappa shape index (κ3) is 14.3. The summed E-state index contributed by atoms with van der Waals surface area (Å²) < 4.78 is 63.0. The molecule has 0 bridgehead atoms. The van der Waals surface area contributed by atoms with E-state index in [0.717, 1.165) is 11.6 Å². The van der Waals surface area contributed by atoms with E-state index < -0.39 is 132 Å². The smallest absolute Gasteiger partial charge is 0.459 e. The monoisotopic (exact) mass is 990 g/mol. The van der Waals surface area contributed by atoms with Gasteiger partial charge in [0.05, 0.1) is 54.1 Å². The summed E-state index contributed by atoms with van der Waals surface area (Å²) in [6, 6.07) is 9.71. The summed E-state index contributed by atoms with van der Waals surface area (Å²) in [6.07, 6.45) is -10.3. The second-order valence-corrected chi connectivity index (χ2v) is 19.9. The van der Waals surface area contributed by atoms with Gasteiger partial charge in [0.1, 0.15) is 30.0 Å². The van der Waals surface area contributed by atoms with E-state index in [9.17, 15) is 34.7 Å². The molecule has 3 fully saturated rings. The highest BCUT2D eigenvalue weighted by Crippen LogP contribution is 2.42. The van der Waals surface area contributed by atoms with Crippen LogP contribution in [0.1, 0.15) is 107 Å². The van der Waals surface area contributed by atoms with Gasteiger partial charge in [-0.1, -0.05) is 57.7 Å². The number of methoxy groups -OCH3 is 2. The number of hydrogen-bond donors (Lipinski definition) is 3. The molecule has 0 unspecified atom stereocenters. The molecule has 19 nitrogen and oxygen atoms in total. The van der Waals surface area contributed by atoms with Gasteiger partial charge >= 0.3 is 18.1 Å². The number of ether oxygens (including phenoxy) is 10. The van der Waals surface area contributed by atoms with Crippen molar-refractivity contribution in [3.05, 3.63) is 48.6 Å². The Labute approximate surface area is 413 Å². The Balaban J connectivity index is 1.91. The minimum atomic E-state index is -2.03. The Bertz CT molecular complexity index is 1930. The topological polar surface area (TPSA) is 240 Å². The van der Waals surface area contributed by atoms with Crippen molar-refractivity contribution in [1.82, 2.24) is 10.2 Å². The fourth-order valence-electron chi connectivity index (χ4n) is 10.1. The van der Waals surface area contributed by atoms with E-state index >= 15 is 0 Å². The number of amides is 1. The van der Waals surface area contributed by atoms with Gasteiger partial charge in [0.15, 0.2) is 24.8 Å². The van der Waals surface area contributed by atoms with Crippen molar-refractivity contribution >= 4 is 24.0 Å². The Kier molecular flexibility index (Phi) is 21.2. The largest absolute Gasteiger partial charge is 0.509 e. The molecule has 3 heterocycles. The first-order valence-corrected chi connectivity index (χ1v) is 24.3. The van der Waals surface area contributed by atoms with Crippen molar-refractivity contribution in [3.63, 3.8) is 0 Å². The first-order chi connectivity index (χ1) is 32.9. The lowest BCUT2D eigenvalue weighted by Gasteiger charge is -2.50. The third-order valence-electron chi connectivity index (χ3n) is 14.4. The Morgan fingerprint density at radius 2 is 1.60 bits per heavy atom. The summed E-state index contributed by atoms with van der Waals surface area (Å²) in [5.41, 5.74) is -3.89. The molecular formula is C51H79N3O16. The molecule has 0 radical (unpaired) electrons. The number of likely N-dealkylation sites (N-methyl/N-ethyl adjacent to an activating group) is 1. The number of carbonyl (C=O) groups excluding carboxylic acids is 4. The third-order valence-corrected chi connectivity index (χ3v) is 14.4. The second-order valence-electron chi connectivity index (χ2n) is 19.9. The summed E-state index contributed by atoms with van der Waals surface area (Å²) in [4.78, 5) is 56.9. The maximum atomic E-state index is 14.7. The van der Waals surface area contributed by atoms with Crippen LogP contribution in [0, 0.1) is 29.1 Å². The van der Waals surface area contributed by atoms with E-state index in [1.807, 2.05) is 37.1 Å². The Hall–Kier alpha value is -4.23. The summed E-state index contributed by atoms with van der Waals surface area (Å²) in [7, 11) is 4.75. The average molecular weight is 990 g/mol. The van der Waals surface area contributed by atoms with Crippen molar-refractivity contribution in [2.24, 2.45) is 17.8 Å². The zero-order valence-corrected chi connectivity index (χ0v) is 43.3. The van der Waals surface area contributed by atoms with Gasteiger partial charge in [-0.2, -0.15) is 5.26 Å². The van der Waals surface area contributed by atoms with Crippen LogP contribution in [0.25, 0.3) is 0 Å².